The molecule has 10 nitrogen and oxygen atoms in total. The summed E-state index contributed by atoms with van der Waals surface area (Å²) in [4.78, 5) is 31.4. The summed E-state index contributed by atoms with van der Waals surface area (Å²) in [6, 6.07) is 5.66. The molecule has 3 N–H and O–H groups in total. The summed E-state index contributed by atoms with van der Waals surface area (Å²) in [5.74, 6) is 1.34. The van der Waals surface area contributed by atoms with Gasteiger partial charge in [-0.1, -0.05) is 12.6 Å². The maximum Gasteiger partial charge on any atom is 0.422 e. The highest BCUT2D eigenvalue weighted by atomic mass is 19.4. The number of rotatable bonds is 8. The van der Waals surface area contributed by atoms with Crippen LogP contribution >= 0.6 is 0 Å². The van der Waals surface area contributed by atoms with Crippen molar-refractivity contribution in [3.63, 3.8) is 0 Å². The second-order valence-electron chi connectivity index (χ2n) is 16.1. The number of likely N-dealkylation sites (tertiary alicyclic amines) is 2. The van der Waals surface area contributed by atoms with Crippen molar-refractivity contribution in [3.8, 4) is 16.9 Å². The predicted molar refractivity (Wildman–Crippen MR) is 202 cm³/mol. The van der Waals surface area contributed by atoms with Gasteiger partial charge in [0.2, 0.25) is 11.9 Å². The molecule has 2 aromatic carbocycles. The van der Waals surface area contributed by atoms with Crippen LogP contribution in [0.5, 0.6) is 5.75 Å². The van der Waals surface area contributed by atoms with E-state index in [1.54, 1.807) is 6.07 Å². The number of nitrogens with zero attached hydrogens (tertiary/aromatic N) is 6. The molecule has 4 saturated heterocycles. The Kier molecular flexibility index (Phi) is 8.86. The van der Waals surface area contributed by atoms with Gasteiger partial charge in [0.15, 0.2) is 12.4 Å². The molecular formula is C40H49F3N8O2. The number of fused-ring (bicyclic) bond motifs is 1. The molecule has 0 radical (unpaired) electrons. The molecule has 5 heterocycles. The molecule has 2 spiro atoms. The lowest BCUT2D eigenvalue weighted by Gasteiger charge is -2.54. The van der Waals surface area contributed by atoms with Crippen LogP contribution in [0.25, 0.3) is 22.0 Å². The van der Waals surface area contributed by atoms with Crippen molar-refractivity contribution < 1.29 is 22.7 Å². The van der Waals surface area contributed by atoms with Gasteiger partial charge >= 0.3 is 6.18 Å². The average Bonchev–Trinajstić information content (AvgIpc) is 3.92. The van der Waals surface area contributed by atoms with E-state index in [0.717, 1.165) is 75.7 Å². The minimum absolute atomic E-state index is 0.0383. The number of aromatic nitrogens is 2. The number of amides is 1. The number of ether oxygens (including phenoxy) is 1. The first-order valence-corrected chi connectivity index (χ1v) is 18.9. The fraction of sp³-hybridized carbons (Fsp3) is 0.550. The molecule has 5 fully saturated rings. The van der Waals surface area contributed by atoms with E-state index in [9.17, 15) is 18.0 Å². The summed E-state index contributed by atoms with van der Waals surface area (Å²) in [6.45, 7) is 9.40. The summed E-state index contributed by atoms with van der Waals surface area (Å²) in [6.07, 6.45) is 5.72. The fourth-order valence-electron chi connectivity index (χ4n) is 9.50. The van der Waals surface area contributed by atoms with Crippen LogP contribution in [0, 0.1) is 17.7 Å². The number of nitrogens with two attached hydrogens (primary N) is 1. The van der Waals surface area contributed by atoms with Gasteiger partial charge in [0.25, 0.3) is 0 Å². The Morgan fingerprint density at radius 1 is 1.04 bits per heavy atom. The molecule has 1 aliphatic carbocycles. The van der Waals surface area contributed by atoms with Crippen molar-refractivity contribution in [2.75, 3.05) is 75.0 Å². The third kappa shape index (κ3) is 6.38. The lowest BCUT2D eigenvalue weighted by molar-refractivity contribution is -0.153. The Bertz CT molecular complexity index is 1950. The standard InChI is InChI=1S/C40H49F3N8O2/c1-4-31(52)51-22-38(23-51)11-16-49(17-12-38)36-28-20-27(26-7-8-26)33(32-25(2)6-9-30(45)29(32)21-44)35(53-24-40(41,42)43)34(28)46-37(47-36)50-18-13-39(14-19-50)10-5-15-48(39)3/h4,6,9,20-21,26,44H,1,5,7-8,10-19,22-24,45H2,2-3H3. The molecule has 1 saturated carbocycles. The highest BCUT2D eigenvalue weighted by molar-refractivity contribution is 6.05. The first-order valence-electron chi connectivity index (χ1n) is 18.9. The van der Waals surface area contributed by atoms with Gasteiger partial charge in [-0.3, -0.25) is 4.79 Å². The first-order chi connectivity index (χ1) is 25.3. The SMILES string of the molecule is C=CC(=O)N1CC2(CCN(c3nc(N4CCC5(CCCN5C)CC4)nc4c(OCC(F)(F)F)c(-c5c(C)ccc(N)c5C=N)c(C5CC5)cc34)CC2)C1. The van der Waals surface area contributed by atoms with Gasteiger partial charge in [-0.15, -0.1) is 0 Å². The van der Waals surface area contributed by atoms with E-state index in [1.165, 1.54) is 18.7 Å². The minimum Gasteiger partial charge on any atom is -0.481 e. The van der Waals surface area contributed by atoms with Crippen LogP contribution in [0.1, 0.15) is 74.0 Å². The van der Waals surface area contributed by atoms with Gasteiger partial charge in [0.1, 0.15) is 11.3 Å². The lowest BCUT2D eigenvalue weighted by Crippen LogP contribution is -2.61. The zero-order chi connectivity index (χ0) is 37.3. The highest BCUT2D eigenvalue weighted by Gasteiger charge is 2.47. The van der Waals surface area contributed by atoms with E-state index >= 15 is 0 Å². The quantitative estimate of drug-likeness (QED) is 0.150. The number of benzene rings is 2. The molecule has 13 heteroatoms. The molecule has 0 atom stereocenters. The largest absolute Gasteiger partial charge is 0.481 e. The van der Waals surface area contributed by atoms with Gasteiger partial charge in [-0.05, 0) is 113 Å². The number of carbonyl (C=O) groups is 1. The predicted octanol–water partition coefficient (Wildman–Crippen LogP) is 6.68. The van der Waals surface area contributed by atoms with Crippen LogP contribution in [0.3, 0.4) is 0 Å². The smallest absolute Gasteiger partial charge is 0.422 e. The van der Waals surface area contributed by atoms with E-state index in [1.807, 2.05) is 17.9 Å². The van der Waals surface area contributed by atoms with Crippen molar-refractivity contribution >= 4 is 40.5 Å². The van der Waals surface area contributed by atoms with Gasteiger partial charge in [0.05, 0.1) is 0 Å². The fourth-order valence-corrected chi connectivity index (χ4v) is 9.50. The normalized spacial score (nSPS) is 21.3. The maximum atomic E-state index is 14.1. The number of nitrogen functional groups attached to an aromatic ring is 1. The van der Waals surface area contributed by atoms with Crippen molar-refractivity contribution in [2.45, 2.75) is 75.9 Å². The second-order valence-corrected chi connectivity index (χ2v) is 16.1. The zero-order valence-electron chi connectivity index (χ0n) is 30.7. The van der Waals surface area contributed by atoms with Gasteiger partial charge in [-0.25, -0.2) is 4.98 Å². The van der Waals surface area contributed by atoms with E-state index in [4.69, 9.17) is 25.8 Å². The summed E-state index contributed by atoms with van der Waals surface area (Å²) in [5.41, 5.74) is 10.6. The monoisotopic (exact) mass is 730 g/mol. The molecule has 0 unspecified atom stereocenters. The van der Waals surface area contributed by atoms with Crippen LogP contribution < -0.4 is 20.3 Å². The van der Waals surface area contributed by atoms with Gasteiger partial charge < -0.3 is 35.5 Å². The summed E-state index contributed by atoms with van der Waals surface area (Å²) >= 11 is 0. The Labute approximate surface area is 308 Å². The molecule has 1 aromatic heterocycles. The number of anilines is 3. The molecule has 8 rings (SSSR count). The summed E-state index contributed by atoms with van der Waals surface area (Å²) < 4.78 is 48.2. The van der Waals surface area contributed by atoms with Crippen molar-refractivity contribution in [2.24, 2.45) is 5.41 Å². The average molecular weight is 731 g/mol. The molecule has 4 aliphatic heterocycles. The van der Waals surface area contributed by atoms with Crippen LogP contribution in [-0.2, 0) is 4.79 Å². The topological polar surface area (TPSA) is 115 Å². The van der Waals surface area contributed by atoms with Crippen LogP contribution in [0.4, 0.5) is 30.6 Å². The third-order valence-corrected chi connectivity index (χ3v) is 12.8. The van der Waals surface area contributed by atoms with E-state index in [-0.39, 0.29) is 28.5 Å². The number of piperidine rings is 2. The van der Waals surface area contributed by atoms with Crippen molar-refractivity contribution in [1.29, 1.82) is 5.41 Å². The van der Waals surface area contributed by atoms with Crippen LogP contribution in [0.2, 0.25) is 0 Å². The van der Waals surface area contributed by atoms with Gasteiger partial charge in [0, 0.05) is 78.6 Å². The summed E-state index contributed by atoms with van der Waals surface area (Å²) in [5, 5.41) is 9.00. The number of halogens is 3. The molecule has 0 bridgehead atoms. The minimum atomic E-state index is -4.59. The first kappa shape index (κ1) is 35.6. The number of hydrogen-bond donors (Lipinski definition) is 2. The summed E-state index contributed by atoms with van der Waals surface area (Å²) in [7, 11) is 2.20. The Morgan fingerprint density at radius 2 is 1.74 bits per heavy atom. The van der Waals surface area contributed by atoms with E-state index < -0.39 is 12.8 Å². The van der Waals surface area contributed by atoms with E-state index in [0.29, 0.717) is 71.2 Å². The molecule has 3 aromatic rings. The molecule has 1 amide bonds. The maximum absolute atomic E-state index is 14.1. The number of carbonyl (C=O) groups excluding carboxylic acids is 1. The number of nitrogens with one attached hydrogen (secondary N) is 1. The number of hydrogen-bond acceptors (Lipinski definition) is 9. The van der Waals surface area contributed by atoms with Gasteiger partial charge in [-0.2, -0.15) is 18.2 Å². The van der Waals surface area contributed by atoms with E-state index in [2.05, 4.69) is 34.4 Å². The molecular weight excluding hydrogens is 681 g/mol. The number of alkyl halides is 3. The van der Waals surface area contributed by atoms with Crippen molar-refractivity contribution in [3.05, 3.63) is 47.5 Å². The zero-order valence-corrected chi connectivity index (χ0v) is 30.7. The Hall–Kier alpha value is -4.39. The second kappa shape index (κ2) is 13.2. The Morgan fingerprint density at radius 3 is 2.34 bits per heavy atom. The molecule has 282 valence electrons. The molecule has 53 heavy (non-hydrogen) atoms. The number of aryl methyl sites for hydroxylation is 1. The van der Waals surface area contributed by atoms with Crippen molar-refractivity contribution in [1.82, 2.24) is 19.8 Å². The Balaban J connectivity index is 1.29. The van der Waals surface area contributed by atoms with Crippen LogP contribution in [0.15, 0.2) is 30.9 Å². The highest BCUT2D eigenvalue weighted by Crippen LogP contribution is 2.53. The molecule has 5 aliphatic rings. The van der Waals surface area contributed by atoms with Crippen LogP contribution in [-0.4, -0.2) is 103 Å². The lowest BCUT2D eigenvalue weighted by atomic mass is 9.72. The third-order valence-electron chi connectivity index (χ3n) is 12.8.